The number of halogens is 1. The lowest BCUT2D eigenvalue weighted by atomic mass is 10.0. The molecule has 0 spiro atoms. The van der Waals surface area contributed by atoms with Crippen LogP contribution < -0.4 is 5.32 Å². The van der Waals surface area contributed by atoms with Crippen molar-refractivity contribution in [2.24, 2.45) is 0 Å². The van der Waals surface area contributed by atoms with Crippen LogP contribution in [-0.2, 0) is 12.8 Å². The molecule has 124 valence electrons. The van der Waals surface area contributed by atoms with E-state index in [9.17, 15) is 0 Å². The van der Waals surface area contributed by atoms with Gasteiger partial charge in [0.25, 0.3) is 0 Å². The minimum atomic E-state index is 0. The Morgan fingerprint density at radius 1 is 1.26 bits per heavy atom. The molecule has 0 aliphatic rings. The third-order valence-electron chi connectivity index (χ3n) is 4.18. The normalized spacial score (nSPS) is 12.3. The zero-order valence-electron chi connectivity index (χ0n) is 13.8. The Morgan fingerprint density at radius 3 is 2.78 bits per heavy atom. The zero-order chi connectivity index (χ0) is 15.7. The van der Waals surface area contributed by atoms with E-state index in [-0.39, 0.29) is 12.4 Å². The van der Waals surface area contributed by atoms with Crippen molar-refractivity contribution in [3.8, 4) is 0 Å². The first-order chi connectivity index (χ1) is 10.6. The van der Waals surface area contributed by atoms with Crippen molar-refractivity contribution < 1.29 is 8.94 Å². The van der Waals surface area contributed by atoms with Crippen LogP contribution in [0, 0.1) is 13.8 Å². The molecule has 0 amide bonds. The highest BCUT2D eigenvalue weighted by atomic mass is 35.5. The molecule has 1 unspecified atom stereocenters. The third-order valence-corrected chi connectivity index (χ3v) is 4.18. The molecule has 0 radical (unpaired) electrons. The third kappa shape index (κ3) is 3.57. The Hall–Kier alpha value is -1.85. The molecule has 1 N–H and O–H groups in total. The van der Waals surface area contributed by atoms with E-state index in [0.717, 1.165) is 28.8 Å². The topological polar surface area (TPSA) is 64.1 Å². The van der Waals surface area contributed by atoms with Crippen molar-refractivity contribution in [2.75, 3.05) is 7.05 Å². The van der Waals surface area contributed by atoms with E-state index in [1.54, 1.807) is 6.26 Å². The van der Waals surface area contributed by atoms with Crippen molar-refractivity contribution in [3.05, 3.63) is 46.8 Å². The number of fused-ring (bicyclic) bond motifs is 1. The average molecular weight is 336 g/mol. The van der Waals surface area contributed by atoms with Crippen LogP contribution >= 0.6 is 12.4 Å². The molecule has 0 fully saturated rings. The number of nitrogens with one attached hydrogen (secondary N) is 1. The number of rotatable bonds is 5. The first-order valence-corrected chi connectivity index (χ1v) is 7.53. The molecular formula is C17H22ClN3O2. The van der Waals surface area contributed by atoms with Crippen LogP contribution in [0.4, 0.5) is 0 Å². The highest BCUT2D eigenvalue weighted by Gasteiger charge is 2.14. The number of hydrogen-bond donors (Lipinski definition) is 1. The summed E-state index contributed by atoms with van der Waals surface area (Å²) in [4.78, 5) is 4.46. The summed E-state index contributed by atoms with van der Waals surface area (Å²) < 4.78 is 11.1. The zero-order valence-corrected chi connectivity index (χ0v) is 14.7. The molecule has 6 heteroatoms. The van der Waals surface area contributed by atoms with Crippen LogP contribution in [-0.4, -0.2) is 23.2 Å². The Morgan fingerprint density at radius 2 is 2.04 bits per heavy atom. The molecule has 23 heavy (non-hydrogen) atoms. The Balaban J connectivity index is 0.00000192. The van der Waals surface area contributed by atoms with Crippen molar-refractivity contribution in [3.63, 3.8) is 0 Å². The van der Waals surface area contributed by atoms with E-state index >= 15 is 0 Å². The Labute approximate surface area is 141 Å². The van der Waals surface area contributed by atoms with Gasteiger partial charge in [0.1, 0.15) is 5.58 Å². The number of likely N-dealkylation sites (N-methyl/N-ethyl adjacent to an activating group) is 1. The molecule has 0 aliphatic carbocycles. The van der Waals surface area contributed by atoms with Crippen molar-refractivity contribution >= 4 is 23.4 Å². The van der Waals surface area contributed by atoms with Crippen LogP contribution in [0.5, 0.6) is 0 Å². The van der Waals surface area contributed by atoms with Gasteiger partial charge in [-0.05, 0) is 38.9 Å². The molecule has 0 saturated carbocycles. The van der Waals surface area contributed by atoms with Gasteiger partial charge in [-0.3, -0.25) is 0 Å². The standard InChI is InChI=1S/C17H21N3O2.ClH/c1-10-5-6-14-13(9-21-17(14)12(10)3)8-16-19-15(20-22-16)7-11(2)18-4;/h5-6,9,11,18H,7-8H2,1-4H3;1H. The summed E-state index contributed by atoms with van der Waals surface area (Å²) >= 11 is 0. The molecule has 5 nitrogen and oxygen atoms in total. The first-order valence-electron chi connectivity index (χ1n) is 7.53. The number of benzene rings is 1. The maximum atomic E-state index is 5.72. The maximum absolute atomic E-state index is 5.72. The maximum Gasteiger partial charge on any atom is 0.231 e. The molecule has 2 heterocycles. The van der Waals surface area contributed by atoms with Gasteiger partial charge < -0.3 is 14.3 Å². The fourth-order valence-corrected chi connectivity index (χ4v) is 2.51. The van der Waals surface area contributed by atoms with Crippen LogP contribution in [0.15, 0.2) is 27.3 Å². The minimum Gasteiger partial charge on any atom is -0.464 e. The molecule has 3 rings (SSSR count). The summed E-state index contributed by atoms with van der Waals surface area (Å²) in [6.07, 6.45) is 3.14. The quantitative estimate of drug-likeness (QED) is 0.771. The highest BCUT2D eigenvalue weighted by molar-refractivity contribution is 5.85. The van der Waals surface area contributed by atoms with Gasteiger partial charge in [0.15, 0.2) is 5.82 Å². The molecule has 0 saturated heterocycles. The summed E-state index contributed by atoms with van der Waals surface area (Å²) in [5.74, 6) is 1.36. The van der Waals surface area contributed by atoms with E-state index in [0.29, 0.717) is 18.4 Å². The fraction of sp³-hybridized carbons (Fsp3) is 0.412. The predicted octanol–water partition coefficient (Wildman–Crippen LogP) is 3.60. The number of aromatic nitrogens is 2. The second kappa shape index (κ2) is 7.15. The number of aryl methyl sites for hydroxylation is 2. The highest BCUT2D eigenvalue weighted by Crippen LogP contribution is 2.27. The number of furan rings is 1. The summed E-state index contributed by atoms with van der Waals surface area (Å²) in [6, 6.07) is 4.53. The molecule has 1 atom stereocenters. The Kier molecular flexibility index (Phi) is 5.44. The van der Waals surface area contributed by atoms with E-state index in [4.69, 9.17) is 8.94 Å². The van der Waals surface area contributed by atoms with Crippen LogP contribution in [0.25, 0.3) is 11.0 Å². The molecular weight excluding hydrogens is 314 g/mol. The van der Waals surface area contributed by atoms with E-state index < -0.39 is 0 Å². The van der Waals surface area contributed by atoms with Gasteiger partial charge in [0, 0.05) is 23.4 Å². The van der Waals surface area contributed by atoms with Crippen molar-refractivity contribution in [1.29, 1.82) is 0 Å². The second-order valence-corrected chi connectivity index (χ2v) is 5.82. The lowest BCUT2D eigenvalue weighted by Gasteiger charge is -2.04. The van der Waals surface area contributed by atoms with E-state index in [2.05, 4.69) is 48.4 Å². The van der Waals surface area contributed by atoms with Gasteiger partial charge in [0.05, 0.1) is 12.7 Å². The van der Waals surface area contributed by atoms with Crippen LogP contribution in [0.1, 0.15) is 35.3 Å². The summed E-state index contributed by atoms with van der Waals surface area (Å²) in [6.45, 7) is 6.25. The van der Waals surface area contributed by atoms with Gasteiger partial charge in [0.2, 0.25) is 5.89 Å². The molecule has 1 aromatic carbocycles. The second-order valence-electron chi connectivity index (χ2n) is 5.82. The average Bonchev–Trinajstić information content (AvgIpc) is 3.11. The van der Waals surface area contributed by atoms with Gasteiger partial charge in [-0.15, -0.1) is 12.4 Å². The van der Waals surface area contributed by atoms with Crippen molar-refractivity contribution in [2.45, 2.75) is 39.7 Å². The summed E-state index contributed by atoms with van der Waals surface area (Å²) in [7, 11) is 1.92. The number of nitrogens with zero attached hydrogens (tertiary/aromatic N) is 2. The van der Waals surface area contributed by atoms with Crippen molar-refractivity contribution in [1.82, 2.24) is 15.5 Å². The predicted molar refractivity (Wildman–Crippen MR) is 92.3 cm³/mol. The van der Waals surface area contributed by atoms with Gasteiger partial charge in [-0.25, -0.2) is 0 Å². The lowest BCUT2D eigenvalue weighted by molar-refractivity contribution is 0.377. The molecule has 3 aromatic rings. The van der Waals surface area contributed by atoms with Crippen LogP contribution in [0.2, 0.25) is 0 Å². The monoisotopic (exact) mass is 335 g/mol. The largest absolute Gasteiger partial charge is 0.464 e. The summed E-state index contributed by atoms with van der Waals surface area (Å²) in [5, 5.41) is 8.32. The number of hydrogen-bond acceptors (Lipinski definition) is 5. The van der Waals surface area contributed by atoms with Gasteiger partial charge in [-0.2, -0.15) is 4.98 Å². The first kappa shape index (κ1) is 17.5. The minimum absolute atomic E-state index is 0. The van der Waals surface area contributed by atoms with Gasteiger partial charge >= 0.3 is 0 Å². The lowest BCUT2D eigenvalue weighted by Crippen LogP contribution is -2.24. The smallest absolute Gasteiger partial charge is 0.231 e. The summed E-state index contributed by atoms with van der Waals surface area (Å²) in [5.41, 5.74) is 4.43. The Bertz CT molecular complexity index is 794. The van der Waals surface area contributed by atoms with Gasteiger partial charge in [-0.1, -0.05) is 17.3 Å². The molecule has 2 aromatic heterocycles. The fourth-order valence-electron chi connectivity index (χ4n) is 2.51. The van der Waals surface area contributed by atoms with Crippen LogP contribution in [0.3, 0.4) is 0 Å². The molecule has 0 aliphatic heterocycles. The SMILES string of the molecule is CNC(C)Cc1noc(Cc2coc3c(C)c(C)ccc23)n1.Cl. The molecule has 0 bridgehead atoms. The van der Waals surface area contributed by atoms with E-state index in [1.807, 2.05) is 7.05 Å². The van der Waals surface area contributed by atoms with E-state index in [1.165, 1.54) is 11.1 Å².